The van der Waals surface area contributed by atoms with Gasteiger partial charge in [0.05, 0.1) is 16.5 Å². The number of rotatable bonds is 6. The first-order valence-electron chi connectivity index (χ1n) is 16.0. The van der Waals surface area contributed by atoms with Crippen molar-refractivity contribution >= 4 is 27.5 Å². The Morgan fingerprint density at radius 2 is 2.07 bits per heavy atom. The Kier molecular flexibility index (Phi) is 6.82. The molecule has 11 heteroatoms. The molecule has 0 aliphatic carbocycles. The molecule has 4 aliphatic heterocycles. The summed E-state index contributed by atoms with van der Waals surface area (Å²) in [5.41, 5.74) is -0.552. The Balaban J connectivity index is 1.28. The minimum Gasteiger partial charge on any atom is -0.508 e. The zero-order valence-electron chi connectivity index (χ0n) is 25.6. The van der Waals surface area contributed by atoms with Crippen molar-refractivity contribution in [1.29, 1.82) is 0 Å². The van der Waals surface area contributed by atoms with Crippen LogP contribution in [0.4, 0.5) is 19.0 Å². The van der Waals surface area contributed by atoms with Gasteiger partial charge in [0, 0.05) is 54.8 Å². The highest BCUT2D eigenvalue weighted by atomic mass is 19.1. The van der Waals surface area contributed by atoms with E-state index < -0.39 is 23.3 Å². The van der Waals surface area contributed by atoms with Gasteiger partial charge >= 0.3 is 6.01 Å². The number of halogens is 3. The SMILES string of the molecule is C#Cc1c(F)ccc2cc(O)cc(-c3ncc4c(N5C[C@H]6CC[C@@](CC)(C5)N6)nc(OC[C@@]56CCCN5C[C@H](F)C6)nc4c3F)c12. The number of pyridine rings is 1. The Morgan fingerprint density at radius 1 is 1.20 bits per heavy atom. The van der Waals surface area contributed by atoms with Crippen LogP contribution in [0.3, 0.4) is 0 Å². The van der Waals surface area contributed by atoms with Crippen molar-refractivity contribution in [2.75, 3.05) is 37.7 Å². The number of phenolic OH excluding ortho intramolecular Hbond substituents is 1. The molecule has 4 aliphatic rings. The summed E-state index contributed by atoms with van der Waals surface area (Å²) in [5, 5.41) is 15.5. The number of nitrogens with one attached hydrogen (secondary N) is 1. The highest BCUT2D eigenvalue weighted by molar-refractivity contribution is 6.03. The van der Waals surface area contributed by atoms with Crippen molar-refractivity contribution in [3.8, 4) is 35.4 Å². The first-order chi connectivity index (χ1) is 22.2. The summed E-state index contributed by atoms with van der Waals surface area (Å²) in [6.07, 6.45) is 11.5. The fourth-order valence-corrected chi connectivity index (χ4v) is 8.45. The third-order valence-corrected chi connectivity index (χ3v) is 10.7. The lowest BCUT2D eigenvalue weighted by Gasteiger charge is -2.42. The van der Waals surface area contributed by atoms with Crippen LogP contribution in [-0.4, -0.2) is 81.0 Å². The molecule has 8 rings (SSSR count). The molecule has 4 atom stereocenters. The van der Waals surface area contributed by atoms with Crippen LogP contribution in [0.5, 0.6) is 11.8 Å². The number of piperazine rings is 1. The minimum absolute atomic E-state index is 0.00727. The largest absolute Gasteiger partial charge is 0.508 e. The monoisotopic (exact) mass is 628 g/mol. The summed E-state index contributed by atoms with van der Waals surface area (Å²) in [5.74, 6) is 1.36. The van der Waals surface area contributed by atoms with E-state index >= 15 is 4.39 Å². The summed E-state index contributed by atoms with van der Waals surface area (Å²) in [4.78, 5) is 18.3. The van der Waals surface area contributed by atoms with Crippen LogP contribution in [0.25, 0.3) is 32.9 Å². The Morgan fingerprint density at radius 3 is 2.89 bits per heavy atom. The number of benzene rings is 2. The van der Waals surface area contributed by atoms with Gasteiger partial charge in [0.1, 0.15) is 41.4 Å². The molecule has 238 valence electrons. The summed E-state index contributed by atoms with van der Waals surface area (Å²) in [7, 11) is 0. The number of aromatic hydroxyl groups is 1. The van der Waals surface area contributed by atoms with E-state index in [1.165, 1.54) is 30.5 Å². The lowest BCUT2D eigenvalue weighted by molar-refractivity contribution is 0.107. The number of hydrogen-bond donors (Lipinski definition) is 2. The van der Waals surface area contributed by atoms with E-state index in [-0.39, 0.29) is 57.7 Å². The Hall–Kier alpha value is -4.14. The van der Waals surface area contributed by atoms with Gasteiger partial charge in [0.15, 0.2) is 5.82 Å². The second-order valence-electron chi connectivity index (χ2n) is 13.4. The molecular weight excluding hydrogens is 593 g/mol. The standard InChI is InChI=1S/C35H35F3N6O2/c1-3-24-27(37)7-6-20-12-23(45)13-25(28(20)24)30-29(38)31-26(15-39-30)32(43-17-22-8-10-34(4-2,18-43)42-22)41-33(40-31)46-19-35-9-5-11-44(35)16-21(36)14-35/h1,6-7,12-13,15,21-22,42,45H,4-5,8-11,14,16-19H2,2H3/t21-,22-,34+,35+/m1/s1. The van der Waals surface area contributed by atoms with E-state index in [0.29, 0.717) is 42.6 Å². The Bertz CT molecular complexity index is 1930. The van der Waals surface area contributed by atoms with Crippen molar-refractivity contribution in [3.05, 3.63) is 47.7 Å². The second kappa shape index (κ2) is 10.7. The van der Waals surface area contributed by atoms with Gasteiger partial charge < -0.3 is 20.1 Å². The molecule has 0 radical (unpaired) electrons. The molecule has 4 aromatic rings. The zero-order valence-corrected chi connectivity index (χ0v) is 25.6. The third kappa shape index (κ3) is 4.56. The molecule has 0 saturated carbocycles. The van der Waals surface area contributed by atoms with Crippen molar-refractivity contribution in [3.63, 3.8) is 0 Å². The molecule has 0 unspecified atom stereocenters. The maximum Gasteiger partial charge on any atom is 0.319 e. The quantitative estimate of drug-likeness (QED) is 0.272. The maximum absolute atomic E-state index is 16.9. The van der Waals surface area contributed by atoms with E-state index in [0.717, 1.165) is 38.6 Å². The van der Waals surface area contributed by atoms with Crippen molar-refractivity contribution in [2.45, 2.75) is 68.7 Å². The number of fused-ring (bicyclic) bond motifs is 5. The number of anilines is 1. The van der Waals surface area contributed by atoms with Crippen LogP contribution in [0, 0.1) is 24.0 Å². The van der Waals surface area contributed by atoms with Crippen LogP contribution in [0.2, 0.25) is 0 Å². The van der Waals surface area contributed by atoms with Crippen LogP contribution in [0.1, 0.15) is 51.0 Å². The second-order valence-corrected chi connectivity index (χ2v) is 13.4. The van der Waals surface area contributed by atoms with Gasteiger partial charge in [0.25, 0.3) is 0 Å². The van der Waals surface area contributed by atoms with Crippen molar-refractivity contribution in [2.24, 2.45) is 0 Å². The summed E-state index contributed by atoms with van der Waals surface area (Å²) >= 11 is 0. The van der Waals surface area contributed by atoms with Gasteiger partial charge in [-0.05, 0) is 62.2 Å². The lowest BCUT2D eigenvalue weighted by atomic mass is 9.93. The van der Waals surface area contributed by atoms with Gasteiger partial charge in [-0.15, -0.1) is 6.42 Å². The smallest absolute Gasteiger partial charge is 0.319 e. The topological polar surface area (TPSA) is 86.6 Å². The van der Waals surface area contributed by atoms with Gasteiger partial charge in [-0.25, -0.2) is 13.2 Å². The summed E-state index contributed by atoms with van der Waals surface area (Å²) in [6, 6.07) is 5.76. The molecule has 0 spiro atoms. The highest BCUT2D eigenvalue weighted by Gasteiger charge is 2.49. The number of ether oxygens (including phenoxy) is 1. The fourth-order valence-electron chi connectivity index (χ4n) is 8.45. The van der Waals surface area contributed by atoms with Crippen molar-refractivity contribution < 1.29 is 23.0 Å². The third-order valence-electron chi connectivity index (χ3n) is 10.7. The van der Waals surface area contributed by atoms with Crippen LogP contribution in [0.15, 0.2) is 30.5 Å². The lowest BCUT2D eigenvalue weighted by Crippen LogP contribution is -2.59. The number of aromatic nitrogens is 3. The van der Waals surface area contributed by atoms with Gasteiger partial charge in [-0.3, -0.25) is 9.88 Å². The summed E-state index contributed by atoms with van der Waals surface area (Å²) in [6.45, 7) is 4.92. The molecule has 6 heterocycles. The molecule has 4 fully saturated rings. The number of nitrogens with zero attached hydrogens (tertiary/aromatic N) is 5. The predicted octanol–water partition coefficient (Wildman–Crippen LogP) is 5.49. The molecule has 4 saturated heterocycles. The van der Waals surface area contributed by atoms with Gasteiger partial charge in [-0.1, -0.05) is 18.9 Å². The molecule has 8 nitrogen and oxygen atoms in total. The van der Waals surface area contributed by atoms with Crippen LogP contribution >= 0.6 is 0 Å². The van der Waals surface area contributed by atoms with Gasteiger partial charge in [0.2, 0.25) is 0 Å². The molecule has 2 N–H and O–H groups in total. The first-order valence-corrected chi connectivity index (χ1v) is 16.0. The molecule has 2 aromatic carbocycles. The highest BCUT2D eigenvalue weighted by Crippen LogP contribution is 2.42. The predicted molar refractivity (Wildman–Crippen MR) is 170 cm³/mol. The molecular formula is C35H35F3N6O2. The average molecular weight is 629 g/mol. The van der Waals surface area contributed by atoms with E-state index in [9.17, 15) is 13.9 Å². The van der Waals surface area contributed by atoms with Crippen LogP contribution < -0.4 is 15.0 Å². The number of phenols is 1. The van der Waals surface area contributed by atoms with E-state index in [2.05, 4.69) is 37.9 Å². The molecule has 2 aromatic heterocycles. The maximum atomic E-state index is 16.9. The minimum atomic E-state index is -0.917. The van der Waals surface area contributed by atoms with Crippen LogP contribution in [-0.2, 0) is 0 Å². The normalized spacial score (nSPS) is 27.4. The van der Waals surface area contributed by atoms with E-state index in [1.807, 2.05) is 0 Å². The molecule has 46 heavy (non-hydrogen) atoms. The molecule has 0 amide bonds. The number of terminal acetylenes is 1. The number of hydrogen-bond acceptors (Lipinski definition) is 8. The van der Waals surface area contributed by atoms with E-state index in [1.54, 1.807) is 0 Å². The fraction of sp³-hybridized carbons (Fsp3) is 0.457. The molecule has 2 bridgehead atoms. The summed E-state index contributed by atoms with van der Waals surface area (Å²) < 4.78 is 52.5. The first kappa shape index (κ1) is 29.3. The van der Waals surface area contributed by atoms with E-state index in [4.69, 9.17) is 16.1 Å². The zero-order chi connectivity index (χ0) is 31.8. The average Bonchev–Trinajstić information content (AvgIpc) is 3.68. The Labute approximate surface area is 265 Å². The van der Waals surface area contributed by atoms with Crippen molar-refractivity contribution in [1.82, 2.24) is 25.2 Å². The number of alkyl halides is 1. The van der Waals surface area contributed by atoms with Gasteiger partial charge in [-0.2, -0.15) is 9.97 Å².